The molecule has 1 unspecified atom stereocenters. The molecule has 1 aliphatic rings. The first kappa shape index (κ1) is 22.7. The number of nitrogens with one attached hydrogen (secondary N) is 2. The molecular weight excluding hydrogens is 452 g/mol. The minimum atomic E-state index is -3.87. The van der Waals surface area contributed by atoms with Gasteiger partial charge in [-0.25, -0.2) is 18.1 Å². The van der Waals surface area contributed by atoms with Crippen molar-refractivity contribution in [3.05, 3.63) is 58.9 Å². The molecule has 2 aromatic carbocycles. The van der Waals surface area contributed by atoms with Crippen LogP contribution in [0.1, 0.15) is 29.0 Å². The zero-order valence-corrected chi connectivity index (χ0v) is 19.2. The van der Waals surface area contributed by atoms with Crippen LogP contribution in [0.3, 0.4) is 0 Å². The number of carbonyl (C=O) groups excluding carboxylic acids is 1. The fourth-order valence-corrected chi connectivity index (χ4v) is 5.39. The maximum atomic E-state index is 12.7. The lowest BCUT2D eigenvalue weighted by Crippen LogP contribution is -2.32. The summed E-state index contributed by atoms with van der Waals surface area (Å²) in [6.07, 6.45) is 1.58. The van der Waals surface area contributed by atoms with E-state index in [1.165, 1.54) is 18.2 Å². The summed E-state index contributed by atoms with van der Waals surface area (Å²) in [6, 6.07) is 12.0. The Balaban J connectivity index is 1.42. The molecule has 0 aliphatic carbocycles. The average molecular weight is 477 g/mol. The highest BCUT2D eigenvalue weighted by atomic mass is 35.5. The Morgan fingerprint density at radius 2 is 2.09 bits per heavy atom. The molecular formula is C22H25ClN4O4S. The van der Waals surface area contributed by atoms with Crippen LogP contribution in [-0.2, 0) is 21.3 Å². The third-order valence-electron chi connectivity index (χ3n) is 5.47. The highest BCUT2D eigenvalue weighted by molar-refractivity contribution is 7.89. The Bertz CT molecular complexity index is 1240. The Hall–Kier alpha value is -2.46. The molecule has 0 spiro atoms. The number of hydrogen-bond acceptors (Lipinski definition) is 5. The van der Waals surface area contributed by atoms with E-state index in [4.69, 9.17) is 16.3 Å². The maximum absolute atomic E-state index is 12.7. The number of para-hydroxylation sites is 2. The second kappa shape index (κ2) is 9.58. The zero-order chi connectivity index (χ0) is 22.7. The number of amides is 1. The van der Waals surface area contributed by atoms with Crippen molar-refractivity contribution in [1.82, 2.24) is 19.6 Å². The normalized spacial score (nSPS) is 16.5. The maximum Gasteiger partial charge on any atom is 0.251 e. The van der Waals surface area contributed by atoms with Crippen LogP contribution >= 0.6 is 11.6 Å². The lowest BCUT2D eigenvalue weighted by molar-refractivity contribution is 0.0952. The minimum Gasteiger partial charge on any atom is -0.377 e. The van der Waals surface area contributed by atoms with Gasteiger partial charge in [0.25, 0.3) is 5.91 Å². The van der Waals surface area contributed by atoms with Crippen LogP contribution in [0.15, 0.2) is 47.4 Å². The molecule has 2 heterocycles. The summed E-state index contributed by atoms with van der Waals surface area (Å²) in [4.78, 5) is 17.1. The largest absolute Gasteiger partial charge is 0.377 e. The number of carbonyl (C=O) groups is 1. The SMILES string of the molecule is Cc1nc2ccccc2n1CCNC(=O)c1ccc(Cl)c(S(=O)(=O)NCC2CCCO2)c1. The summed E-state index contributed by atoms with van der Waals surface area (Å²) in [6.45, 7) is 3.63. The molecule has 3 aromatic rings. The van der Waals surface area contributed by atoms with E-state index in [-0.39, 0.29) is 34.0 Å². The van der Waals surface area contributed by atoms with Crippen molar-refractivity contribution in [2.45, 2.75) is 37.3 Å². The highest BCUT2D eigenvalue weighted by Gasteiger charge is 2.23. The summed E-state index contributed by atoms with van der Waals surface area (Å²) >= 11 is 6.13. The van der Waals surface area contributed by atoms with Crippen molar-refractivity contribution < 1.29 is 17.9 Å². The molecule has 4 rings (SSSR count). The highest BCUT2D eigenvalue weighted by Crippen LogP contribution is 2.23. The van der Waals surface area contributed by atoms with Crippen LogP contribution in [0.5, 0.6) is 0 Å². The first-order valence-corrected chi connectivity index (χ1v) is 12.3. The zero-order valence-electron chi connectivity index (χ0n) is 17.7. The monoisotopic (exact) mass is 476 g/mol. The predicted octanol–water partition coefficient (Wildman–Crippen LogP) is 2.89. The number of imidazole rings is 1. The van der Waals surface area contributed by atoms with Gasteiger partial charge in [-0.3, -0.25) is 4.79 Å². The molecule has 8 nitrogen and oxygen atoms in total. The van der Waals surface area contributed by atoms with Crippen LogP contribution in [0.2, 0.25) is 5.02 Å². The lowest BCUT2D eigenvalue weighted by atomic mass is 10.2. The van der Waals surface area contributed by atoms with E-state index < -0.39 is 10.0 Å². The number of ether oxygens (including phenoxy) is 1. The molecule has 0 bridgehead atoms. The van der Waals surface area contributed by atoms with E-state index >= 15 is 0 Å². The molecule has 10 heteroatoms. The molecule has 0 saturated carbocycles. The summed E-state index contributed by atoms with van der Waals surface area (Å²) in [5.74, 6) is 0.483. The molecule has 1 aliphatic heterocycles. The Labute approximate surface area is 192 Å². The quantitative estimate of drug-likeness (QED) is 0.520. The van der Waals surface area contributed by atoms with Crippen molar-refractivity contribution in [2.75, 3.05) is 19.7 Å². The van der Waals surface area contributed by atoms with Crippen LogP contribution in [0, 0.1) is 6.92 Å². The van der Waals surface area contributed by atoms with Gasteiger partial charge in [0.05, 0.1) is 22.2 Å². The van der Waals surface area contributed by atoms with E-state index in [1.807, 2.05) is 35.8 Å². The van der Waals surface area contributed by atoms with Gasteiger partial charge in [-0.1, -0.05) is 23.7 Å². The standard InChI is InChI=1S/C22H25ClN4O4S/c1-15-26-19-6-2-3-7-20(19)27(15)11-10-24-22(28)16-8-9-18(23)21(13-16)32(29,30)25-14-17-5-4-12-31-17/h2-3,6-9,13,17,25H,4-5,10-12,14H2,1H3,(H,24,28). The Morgan fingerprint density at radius 1 is 1.28 bits per heavy atom. The second-order valence-corrected chi connectivity index (χ2v) is 9.83. The van der Waals surface area contributed by atoms with Crippen molar-refractivity contribution >= 4 is 38.6 Å². The van der Waals surface area contributed by atoms with Crippen molar-refractivity contribution in [3.63, 3.8) is 0 Å². The molecule has 170 valence electrons. The third kappa shape index (κ3) is 4.96. The second-order valence-electron chi connectivity index (χ2n) is 7.69. The topological polar surface area (TPSA) is 102 Å². The van der Waals surface area contributed by atoms with Gasteiger partial charge in [0.15, 0.2) is 0 Å². The van der Waals surface area contributed by atoms with Crippen LogP contribution in [-0.4, -0.2) is 49.7 Å². The fraction of sp³-hybridized carbons (Fsp3) is 0.364. The first-order chi connectivity index (χ1) is 15.3. The first-order valence-electron chi connectivity index (χ1n) is 10.5. The smallest absolute Gasteiger partial charge is 0.251 e. The number of nitrogens with zero attached hydrogens (tertiary/aromatic N) is 2. The van der Waals surface area contributed by atoms with E-state index in [2.05, 4.69) is 15.0 Å². The fourth-order valence-electron chi connectivity index (χ4n) is 3.80. The number of benzene rings is 2. The number of aromatic nitrogens is 2. The number of fused-ring (bicyclic) bond motifs is 1. The van der Waals surface area contributed by atoms with Gasteiger partial charge in [0, 0.05) is 31.8 Å². The van der Waals surface area contributed by atoms with Gasteiger partial charge in [0.2, 0.25) is 10.0 Å². The van der Waals surface area contributed by atoms with Gasteiger partial charge >= 0.3 is 0 Å². The summed E-state index contributed by atoms with van der Waals surface area (Å²) < 4.78 is 35.5. The van der Waals surface area contributed by atoms with E-state index in [0.717, 1.165) is 29.7 Å². The Morgan fingerprint density at radius 3 is 2.88 bits per heavy atom. The molecule has 1 saturated heterocycles. The van der Waals surface area contributed by atoms with Crippen LogP contribution in [0.4, 0.5) is 0 Å². The third-order valence-corrected chi connectivity index (χ3v) is 7.38. The number of hydrogen-bond donors (Lipinski definition) is 2. The molecule has 32 heavy (non-hydrogen) atoms. The number of rotatable bonds is 8. The van der Waals surface area contributed by atoms with Crippen LogP contribution < -0.4 is 10.0 Å². The Kier molecular flexibility index (Phi) is 6.80. The van der Waals surface area contributed by atoms with Gasteiger partial charge in [0.1, 0.15) is 10.7 Å². The van der Waals surface area contributed by atoms with E-state index in [9.17, 15) is 13.2 Å². The summed E-state index contributed by atoms with van der Waals surface area (Å²) in [7, 11) is -3.87. The van der Waals surface area contributed by atoms with Crippen LogP contribution in [0.25, 0.3) is 11.0 Å². The number of halogens is 1. The number of aryl methyl sites for hydroxylation is 1. The molecule has 2 N–H and O–H groups in total. The van der Waals surface area contributed by atoms with E-state index in [1.54, 1.807) is 0 Å². The van der Waals surface area contributed by atoms with Crippen molar-refractivity contribution in [2.24, 2.45) is 0 Å². The molecule has 1 amide bonds. The molecule has 1 aromatic heterocycles. The van der Waals surface area contributed by atoms with E-state index in [0.29, 0.717) is 19.7 Å². The average Bonchev–Trinajstić information content (AvgIpc) is 3.40. The lowest BCUT2D eigenvalue weighted by Gasteiger charge is -2.13. The minimum absolute atomic E-state index is 0.0573. The molecule has 1 atom stereocenters. The molecule has 0 radical (unpaired) electrons. The number of sulfonamides is 1. The predicted molar refractivity (Wildman–Crippen MR) is 122 cm³/mol. The van der Waals surface area contributed by atoms with Crippen molar-refractivity contribution in [1.29, 1.82) is 0 Å². The van der Waals surface area contributed by atoms with Gasteiger partial charge in [-0.15, -0.1) is 0 Å². The van der Waals surface area contributed by atoms with Gasteiger partial charge < -0.3 is 14.6 Å². The summed E-state index contributed by atoms with van der Waals surface area (Å²) in [5.41, 5.74) is 2.12. The van der Waals surface area contributed by atoms with Gasteiger partial charge in [-0.05, 0) is 50.1 Å². The summed E-state index contributed by atoms with van der Waals surface area (Å²) in [5, 5.41) is 2.90. The van der Waals surface area contributed by atoms with Crippen molar-refractivity contribution in [3.8, 4) is 0 Å². The van der Waals surface area contributed by atoms with Gasteiger partial charge in [-0.2, -0.15) is 0 Å². The molecule has 1 fully saturated rings.